The molecule has 0 aliphatic rings. The van der Waals surface area contributed by atoms with E-state index >= 15 is 0 Å². The number of para-hydroxylation sites is 1. The van der Waals surface area contributed by atoms with Crippen molar-refractivity contribution < 1.29 is 13.7 Å². The minimum absolute atomic E-state index is 0. The number of hydrogen-bond acceptors (Lipinski definition) is 5. The maximum atomic E-state index is 6.01. The zero-order valence-corrected chi connectivity index (χ0v) is 17.3. The lowest BCUT2D eigenvalue weighted by molar-refractivity contribution is 0.336. The third kappa shape index (κ3) is 4.69. The lowest BCUT2D eigenvalue weighted by Gasteiger charge is -2.15. The molecule has 8 heteroatoms. The Labute approximate surface area is 169 Å². The van der Waals surface area contributed by atoms with E-state index in [1.54, 1.807) is 19.4 Å². The molecule has 2 heterocycles. The van der Waals surface area contributed by atoms with Gasteiger partial charge in [-0.3, -0.25) is 4.99 Å². The smallest absolute Gasteiger partial charge is 0.191 e. The molecule has 0 saturated carbocycles. The van der Waals surface area contributed by atoms with Gasteiger partial charge < -0.3 is 24.3 Å². The number of nitrogens with zero attached hydrogens (tertiary/aromatic N) is 2. The van der Waals surface area contributed by atoms with E-state index in [1.807, 2.05) is 38.1 Å². The van der Waals surface area contributed by atoms with Crippen molar-refractivity contribution in [3.63, 3.8) is 0 Å². The molecule has 0 aliphatic heterocycles. The fourth-order valence-corrected chi connectivity index (χ4v) is 2.51. The molecule has 0 saturated heterocycles. The van der Waals surface area contributed by atoms with Crippen molar-refractivity contribution in [3.8, 4) is 5.75 Å². The van der Waals surface area contributed by atoms with Gasteiger partial charge in [-0.2, -0.15) is 0 Å². The number of hydrogen-bond donors (Lipinski definition) is 2. The normalized spacial score (nSPS) is 12.5. The first-order chi connectivity index (χ1) is 12.2. The topological polar surface area (TPSA) is 84.8 Å². The van der Waals surface area contributed by atoms with Crippen LogP contribution >= 0.6 is 24.0 Å². The summed E-state index contributed by atoms with van der Waals surface area (Å²) in [6.07, 6.45) is 1.54. The molecule has 2 aromatic heterocycles. The van der Waals surface area contributed by atoms with Crippen molar-refractivity contribution in [2.24, 2.45) is 4.99 Å². The number of ether oxygens (including phenoxy) is 1. The van der Waals surface area contributed by atoms with Gasteiger partial charge in [0.25, 0.3) is 0 Å². The largest absolute Gasteiger partial charge is 0.490 e. The van der Waals surface area contributed by atoms with Crippen molar-refractivity contribution in [1.82, 2.24) is 15.8 Å². The van der Waals surface area contributed by atoms with E-state index in [2.05, 4.69) is 20.8 Å². The number of halogens is 1. The van der Waals surface area contributed by atoms with Gasteiger partial charge in [0.1, 0.15) is 17.7 Å². The first-order valence-electron chi connectivity index (χ1n) is 8.23. The highest BCUT2D eigenvalue weighted by molar-refractivity contribution is 14.0. The minimum atomic E-state index is -0.0645. The van der Waals surface area contributed by atoms with Gasteiger partial charge in [-0.15, -0.1) is 24.0 Å². The van der Waals surface area contributed by atoms with Crippen LogP contribution < -0.4 is 15.4 Å². The Morgan fingerprint density at radius 1 is 1.35 bits per heavy atom. The van der Waals surface area contributed by atoms with Crippen LogP contribution in [0.2, 0.25) is 0 Å². The molecule has 3 rings (SSSR count). The van der Waals surface area contributed by atoms with Crippen molar-refractivity contribution >= 4 is 40.9 Å². The third-order valence-electron chi connectivity index (χ3n) is 3.76. The summed E-state index contributed by atoms with van der Waals surface area (Å²) in [4.78, 5) is 4.22. The highest BCUT2D eigenvalue weighted by Crippen LogP contribution is 2.31. The van der Waals surface area contributed by atoms with E-state index in [4.69, 9.17) is 13.7 Å². The Morgan fingerprint density at radius 3 is 2.88 bits per heavy atom. The molecule has 0 fully saturated rings. The Hall–Kier alpha value is -2.23. The maximum Gasteiger partial charge on any atom is 0.191 e. The van der Waals surface area contributed by atoms with Crippen LogP contribution in [0.1, 0.15) is 31.3 Å². The average molecular weight is 470 g/mol. The zero-order valence-electron chi connectivity index (χ0n) is 15.0. The summed E-state index contributed by atoms with van der Waals surface area (Å²) in [6.45, 7) is 5.09. The van der Waals surface area contributed by atoms with Crippen LogP contribution in [0, 0.1) is 0 Å². The minimum Gasteiger partial charge on any atom is -0.490 e. The fraction of sp³-hybridized carbons (Fsp3) is 0.333. The summed E-state index contributed by atoms with van der Waals surface area (Å²) in [5.41, 5.74) is 1.57. The SMILES string of the molecule is CCOc1cccc2cc(C(C)NC(=NC)NCc3ccon3)oc12.I. The van der Waals surface area contributed by atoms with Crippen LogP contribution in [0.5, 0.6) is 5.75 Å². The zero-order chi connectivity index (χ0) is 17.6. The van der Waals surface area contributed by atoms with Gasteiger partial charge in [0.15, 0.2) is 17.3 Å². The number of benzene rings is 1. The number of fused-ring (bicyclic) bond motifs is 1. The van der Waals surface area contributed by atoms with Gasteiger partial charge in [0.2, 0.25) is 0 Å². The summed E-state index contributed by atoms with van der Waals surface area (Å²) in [6, 6.07) is 9.64. The predicted octanol–water partition coefficient (Wildman–Crippen LogP) is 3.86. The van der Waals surface area contributed by atoms with Crippen molar-refractivity contribution in [2.45, 2.75) is 26.4 Å². The van der Waals surface area contributed by atoms with Gasteiger partial charge in [-0.05, 0) is 26.0 Å². The second kappa shape index (κ2) is 9.46. The van der Waals surface area contributed by atoms with E-state index in [9.17, 15) is 0 Å². The van der Waals surface area contributed by atoms with Gasteiger partial charge in [-0.1, -0.05) is 17.3 Å². The molecule has 3 aromatic rings. The summed E-state index contributed by atoms with van der Waals surface area (Å²) in [5.74, 6) is 2.22. The third-order valence-corrected chi connectivity index (χ3v) is 3.76. The number of aromatic nitrogens is 1. The summed E-state index contributed by atoms with van der Waals surface area (Å²) in [7, 11) is 1.72. The van der Waals surface area contributed by atoms with Crippen LogP contribution in [0.25, 0.3) is 11.0 Å². The van der Waals surface area contributed by atoms with Crippen LogP contribution in [-0.2, 0) is 6.54 Å². The lowest BCUT2D eigenvalue weighted by Crippen LogP contribution is -2.38. The van der Waals surface area contributed by atoms with E-state index in [0.29, 0.717) is 19.1 Å². The Kier molecular flexibility index (Phi) is 7.31. The monoisotopic (exact) mass is 470 g/mol. The standard InChI is InChI=1S/C18H22N4O3.HI/c1-4-23-15-7-5-6-13-10-16(25-17(13)15)12(2)21-18(19-3)20-11-14-8-9-24-22-14;/h5-10,12H,4,11H2,1-3H3,(H2,19,20,21);1H. The molecular formula is C18H23IN4O3. The molecule has 1 atom stereocenters. The highest BCUT2D eigenvalue weighted by Gasteiger charge is 2.15. The van der Waals surface area contributed by atoms with E-state index in [-0.39, 0.29) is 30.0 Å². The quantitative estimate of drug-likeness (QED) is 0.324. The molecule has 0 spiro atoms. The van der Waals surface area contributed by atoms with Gasteiger partial charge >= 0.3 is 0 Å². The van der Waals surface area contributed by atoms with E-state index < -0.39 is 0 Å². The van der Waals surface area contributed by atoms with Crippen LogP contribution in [-0.4, -0.2) is 24.8 Å². The second-order valence-electron chi connectivity index (χ2n) is 5.54. The molecule has 7 nitrogen and oxygen atoms in total. The molecule has 0 radical (unpaired) electrons. The molecule has 0 amide bonds. The highest BCUT2D eigenvalue weighted by atomic mass is 127. The van der Waals surface area contributed by atoms with E-state index in [1.165, 1.54) is 0 Å². The second-order valence-corrected chi connectivity index (χ2v) is 5.54. The first-order valence-corrected chi connectivity index (χ1v) is 8.23. The summed E-state index contributed by atoms with van der Waals surface area (Å²) in [5, 5.41) is 11.4. The number of aliphatic imine (C=N–C) groups is 1. The Balaban J connectivity index is 0.00000243. The van der Waals surface area contributed by atoms with Gasteiger partial charge in [0.05, 0.1) is 19.2 Å². The Bertz CT molecular complexity index is 845. The molecule has 140 valence electrons. The van der Waals surface area contributed by atoms with E-state index in [0.717, 1.165) is 28.2 Å². The molecular weight excluding hydrogens is 447 g/mol. The fourth-order valence-electron chi connectivity index (χ4n) is 2.51. The van der Waals surface area contributed by atoms with Crippen molar-refractivity contribution in [1.29, 1.82) is 0 Å². The number of furan rings is 1. The van der Waals surface area contributed by atoms with Gasteiger partial charge in [0, 0.05) is 18.5 Å². The molecule has 26 heavy (non-hydrogen) atoms. The van der Waals surface area contributed by atoms with Crippen LogP contribution in [0.4, 0.5) is 0 Å². The maximum absolute atomic E-state index is 6.01. The first kappa shape index (κ1) is 20.1. The number of rotatable bonds is 6. The lowest BCUT2D eigenvalue weighted by atomic mass is 10.2. The summed E-state index contributed by atoms with van der Waals surface area (Å²) >= 11 is 0. The molecule has 2 N–H and O–H groups in total. The van der Waals surface area contributed by atoms with Gasteiger partial charge in [-0.25, -0.2) is 0 Å². The molecule has 1 aromatic carbocycles. The molecule has 0 bridgehead atoms. The Morgan fingerprint density at radius 2 is 2.19 bits per heavy atom. The predicted molar refractivity (Wildman–Crippen MR) is 111 cm³/mol. The average Bonchev–Trinajstić information content (AvgIpc) is 3.28. The number of guanidine groups is 1. The molecule has 1 unspecified atom stereocenters. The number of nitrogens with one attached hydrogen (secondary N) is 2. The summed E-state index contributed by atoms with van der Waals surface area (Å²) < 4.78 is 16.5. The van der Waals surface area contributed by atoms with Crippen molar-refractivity contribution in [3.05, 3.63) is 48.0 Å². The van der Waals surface area contributed by atoms with Crippen LogP contribution in [0.3, 0.4) is 0 Å². The molecule has 0 aliphatic carbocycles. The van der Waals surface area contributed by atoms with Crippen LogP contribution in [0.15, 0.2) is 50.5 Å². The van der Waals surface area contributed by atoms with Crippen molar-refractivity contribution in [2.75, 3.05) is 13.7 Å².